The van der Waals surface area contributed by atoms with E-state index in [1.807, 2.05) is 6.92 Å². The highest BCUT2D eigenvalue weighted by atomic mass is 16.5. The lowest BCUT2D eigenvalue weighted by Gasteiger charge is -2.12. The summed E-state index contributed by atoms with van der Waals surface area (Å²) in [5.41, 5.74) is 6.01. The van der Waals surface area contributed by atoms with Gasteiger partial charge in [0.2, 0.25) is 5.91 Å². The lowest BCUT2D eigenvalue weighted by atomic mass is 10.3. The standard InChI is InChI=1S/C11H17N3O3/c1-3-14-6-8(4-5-10(14)15)13-11(16)9(12)7-17-2/h4-6,9H,3,7,12H2,1-2H3,(H,13,16). The molecular weight excluding hydrogens is 222 g/mol. The highest BCUT2D eigenvalue weighted by Crippen LogP contribution is 2.03. The Balaban J connectivity index is 2.75. The summed E-state index contributed by atoms with van der Waals surface area (Å²) < 4.78 is 6.28. The van der Waals surface area contributed by atoms with Crippen LogP contribution in [0.4, 0.5) is 5.69 Å². The number of pyridine rings is 1. The Kier molecular flexibility index (Phi) is 4.86. The van der Waals surface area contributed by atoms with Crippen molar-refractivity contribution in [2.45, 2.75) is 19.5 Å². The number of hydrogen-bond donors (Lipinski definition) is 2. The van der Waals surface area contributed by atoms with E-state index in [2.05, 4.69) is 5.32 Å². The first-order valence-corrected chi connectivity index (χ1v) is 5.34. The smallest absolute Gasteiger partial charge is 0.250 e. The van der Waals surface area contributed by atoms with Gasteiger partial charge in [0.25, 0.3) is 5.56 Å². The number of carbonyl (C=O) groups excluding carboxylic acids is 1. The third-order valence-electron chi connectivity index (χ3n) is 2.27. The van der Waals surface area contributed by atoms with Gasteiger partial charge in [0.1, 0.15) is 6.04 Å². The number of nitrogens with two attached hydrogens (primary N) is 1. The van der Waals surface area contributed by atoms with Gasteiger partial charge in [-0.2, -0.15) is 0 Å². The molecule has 0 aliphatic heterocycles. The van der Waals surface area contributed by atoms with Crippen LogP contribution in [0.3, 0.4) is 0 Å². The second-order valence-corrected chi connectivity index (χ2v) is 3.59. The average molecular weight is 239 g/mol. The van der Waals surface area contributed by atoms with Crippen molar-refractivity contribution in [2.24, 2.45) is 5.73 Å². The quantitative estimate of drug-likeness (QED) is 0.743. The lowest BCUT2D eigenvalue weighted by Crippen LogP contribution is -2.39. The summed E-state index contributed by atoms with van der Waals surface area (Å²) in [6.45, 7) is 2.55. The summed E-state index contributed by atoms with van der Waals surface area (Å²) in [5.74, 6) is -0.340. The average Bonchev–Trinajstić information content (AvgIpc) is 2.31. The number of amides is 1. The number of carbonyl (C=O) groups is 1. The minimum atomic E-state index is -0.720. The number of hydrogen-bond acceptors (Lipinski definition) is 4. The van der Waals surface area contributed by atoms with Gasteiger partial charge in [-0.15, -0.1) is 0 Å². The van der Waals surface area contributed by atoms with Gasteiger partial charge in [0.15, 0.2) is 0 Å². The van der Waals surface area contributed by atoms with Crippen LogP contribution in [0.15, 0.2) is 23.1 Å². The van der Waals surface area contributed by atoms with Crippen LogP contribution in [0.2, 0.25) is 0 Å². The van der Waals surface area contributed by atoms with Crippen LogP contribution in [-0.2, 0) is 16.1 Å². The fraction of sp³-hybridized carbons (Fsp3) is 0.455. The molecule has 0 bridgehead atoms. The van der Waals surface area contributed by atoms with Crippen LogP contribution >= 0.6 is 0 Å². The number of aryl methyl sites for hydroxylation is 1. The third kappa shape index (κ3) is 3.69. The molecule has 17 heavy (non-hydrogen) atoms. The predicted molar refractivity (Wildman–Crippen MR) is 64.9 cm³/mol. The molecule has 0 aliphatic rings. The number of anilines is 1. The molecule has 6 nitrogen and oxygen atoms in total. The first-order valence-electron chi connectivity index (χ1n) is 5.34. The summed E-state index contributed by atoms with van der Waals surface area (Å²) in [5, 5.41) is 2.62. The van der Waals surface area contributed by atoms with E-state index in [1.54, 1.807) is 12.3 Å². The van der Waals surface area contributed by atoms with Crippen LogP contribution in [0, 0.1) is 0 Å². The van der Waals surface area contributed by atoms with Gasteiger partial charge in [-0.1, -0.05) is 0 Å². The Bertz CT molecular complexity index is 442. The molecule has 1 heterocycles. The van der Waals surface area contributed by atoms with Gasteiger partial charge in [-0.05, 0) is 13.0 Å². The molecule has 0 radical (unpaired) electrons. The van der Waals surface area contributed by atoms with Crippen molar-refractivity contribution in [3.05, 3.63) is 28.7 Å². The molecule has 3 N–H and O–H groups in total. The zero-order chi connectivity index (χ0) is 12.8. The molecule has 0 aliphatic carbocycles. The largest absolute Gasteiger partial charge is 0.383 e. The predicted octanol–water partition coefficient (Wildman–Crippen LogP) is -0.220. The third-order valence-corrected chi connectivity index (χ3v) is 2.27. The Morgan fingerprint density at radius 2 is 2.29 bits per heavy atom. The Labute approximate surface area is 99.4 Å². The second kappa shape index (κ2) is 6.17. The van der Waals surface area contributed by atoms with E-state index in [9.17, 15) is 9.59 Å². The van der Waals surface area contributed by atoms with Gasteiger partial charge < -0.3 is 20.4 Å². The van der Waals surface area contributed by atoms with Gasteiger partial charge in [-0.3, -0.25) is 9.59 Å². The van der Waals surface area contributed by atoms with Crippen molar-refractivity contribution < 1.29 is 9.53 Å². The van der Waals surface area contributed by atoms with E-state index >= 15 is 0 Å². The van der Waals surface area contributed by atoms with Crippen molar-refractivity contribution in [1.29, 1.82) is 0 Å². The molecule has 0 aromatic carbocycles. The molecule has 1 amide bonds. The number of nitrogens with zero attached hydrogens (tertiary/aromatic N) is 1. The maximum atomic E-state index is 11.6. The van der Waals surface area contributed by atoms with E-state index in [1.165, 1.54) is 17.7 Å². The van der Waals surface area contributed by atoms with Crippen LogP contribution < -0.4 is 16.6 Å². The normalized spacial score (nSPS) is 12.2. The highest BCUT2D eigenvalue weighted by Gasteiger charge is 2.13. The Morgan fingerprint density at radius 1 is 1.59 bits per heavy atom. The van der Waals surface area contributed by atoms with Crippen molar-refractivity contribution in [1.82, 2.24) is 4.57 Å². The van der Waals surface area contributed by atoms with Crippen LogP contribution in [0.1, 0.15) is 6.92 Å². The molecule has 0 saturated carbocycles. The van der Waals surface area contributed by atoms with Crippen LogP contribution in [-0.4, -0.2) is 30.2 Å². The summed E-state index contributed by atoms with van der Waals surface area (Å²) in [7, 11) is 1.48. The Hall–Kier alpha value is -1.66. The first-order chi connectivity index (χ1) is 8.08. The summed E-state index contributed by atoms with van der Waals surface area (Å²) >= 11 is 0. The molecule has 1 aromatic heterocycles. The minimum absolute atomic E-state index is 0.105. The zero-order valence-electron chi connectivity index (χ0n) is 9.97. The van der Waals surface area contributed by atoms with E-state index in [0.717, 1.165) is 0 Å². The first kappa shape index (κ1) is 13.4. The molecule has 94 valence electrons. The molecule has 1 aromatic rings. The molecule has 0 fully saturated rings. The minimum Gasteiger partial charge on any atom is -0.383 e. The number of nitrogens with one attached hydrogen (secondary N) is 1. The van der Waals surface area contributed by atoms with Gasteiger partial charge in [0.05, 0.1) is 12.3 Å². The molecule has 1 rings (SSSR count). The Morgan fingerprint density at radius 3 is 2.88 bits per heavy atom. The molecule has 0 spiro atoms. The number of ether oxygens (including phenoxy) is 1. The van der Waals surface area contributed by atoms with Crippen molar-refractivity contribution >= 4 is 11.6 Å². The van der Waals surface area contributed by atoms with Crippen molar-refractivity contribution in [2.75, 3.05) is 19.0 Å². The SMILES string of the molecule is CCn1cc(NC(=O)C(N)COC)ccc1=O. The van der Waals surface area contributed by atoms with Crippen molar-refractivity contribution in [3.8, 4) is 0 Å². The summed E-state index contributed by atoms with van der Waals surface area (Å²) in [4.78, 5) is 22.9. The fourth-order valence-electron chi connectivity index (χ4n) is 1.34. The second-order valence-electron chi connectivity index (χ2n) is 3.59. The maximum Gasteiger partial charge on any atom is 0.250 e. The van der Waals surface area contributed by atoms with E-state index in [4.69, 9.17) is 10.5 Å². The van der Waals surface area contributed by atoms with Gasteiger partial charge in [-0.25, -0.2) is 0 Å². The fourth-order valence-corrected chi connectivity index (χ4v) is 1.34. The summed E-state index contributed by atoms with van der Waals surface area (Å²) in [6, 6.07) is 2.23. The lowest BCUT2D eigenvalue weighted by molar-refractivity contribution is -0.118. The molecule has 6 heteroatoms. The number of aromatic nitrogens is 1. The topological polar surface area (TPSA) is 86.3 Å². The maximum absolute atomic E-state index is 11.6. The molecular formula is C11H17N3O3. The van der Waals surface area contributed by atoms with Crippen LogP contribution in [0.25, 0.3) is 0 Å². The van der Waals surface area contributed by atoms with Gasteiger partial charge in [0, 0.05) is 25.9 Å². The zero-order valence-corrected chi connectivity index (χ0v) is 9.97. The highest BCUT2D eigenvalue weighted by molar-refractivity contribution is 5.94. The van der Waals surface area contributed by atoms with Gasteiger partial charge >= 0.3 is 0 Å². The number of rotatable bonds is 5. The van der Waals surface area contributed by atoms with E-state index in [-0.39, 0.29) is 18.1 Å². The van der Waals surface area contributed by atoms with Crippen LogP contribution in [0.5, 0.6) is 0 Å². The van der Waals surface area contributed by atoms with Crippen molar-refractivity contribution in [3.63, 3.8) is 0 Å². The summed E-state index contributed by atoms with van der Waals surface area (Å²) in [6.07, 6.45) is 1.58. The monoisotopic (exact) mass is 239 g/mol. The molecule has 1 atom stereocenters. The number of methoxy groups -OCH3 is 1. The molecule has 0 saturated heterocycles. The van der Waals surface area contributed by atoms with E-state index in [0.29, 0.717) is 12.2 Å². The van der Waals surface area contributed by atoms with E-state index < -0.39 is 6.04 Å². The molecule has 1 unspecified atom stereocenters.